The summed E-state index contributed by atoms with van der Waals surface area (Å²) in [6.07, 6.45) is -1.51. The highest BCUT2D eigenvalue weighted by Gasteiger charge is 2.40. The molecule has 1 fully saturated rings. The summed E-state index contributed by atoms with van der Waals surface area (Å²) in [5.74, 6) is 0.0797. The molecule has 5 rings (SSSR count). The summed E-state index contributed by atoms with van der Waals surface area (Å²) in [5.41, 5.74) is 7.23. The molecule has 2 aromatic carbocycles. The van der Waals surface area contributed by atoms with Crippen LogP contribution in [0.25, 0.3) is 0 Å². The molecule has 0 saturated carbocycles. The fourth-order valence-electron chi connectivity index (χ4n) is 5.55. The van der Waals surface area contributed by atoms with Gasteiger partial charge in [0.2, 0.25) is 0 Å². The van der Waals surface area contributed by atoms with Crippen molar-refractivity contribution in [1.82, 2.24) is 14.7 Å². The van der Waals surface area contributed by atoms with Crippen LogP contribution in [0.3, 0.4) is 0 Å². The number of rotatable bonds is 6. The van der Waals surface area contributed by atoms with Crippen LogP contribution in [0.15, 0.2) is 48.7 Å². The van der Waals surface area contributed by atoms with Crippen molar-refractivity contribution in [3.63, 3.8) is 0 Å². The molecule has 7 nitrogen and oxygen atoms in total. The number of carbonyl (C=O) groups is 1. The Balaban J connectivity index is 1.43. The molecule has 0 radical (unpaired) electrons. The lowest BCUT2D eigenvalue weighted by molar-refractivity contribution is -0.138. The first-order valence-corrected chi connectivity index (χ1v) is 13.1. The molecule has 1 aromatic heterocycles. The topological polar surface area (TPSA) is 70.6 Å². The van der Waals surface area contributed by atoms with Gasteiger partial charge in [-0.1, -0.05) is 30.3 Å². The molecular weight excluding hydrogens is 512 g/mol. The van der Waals surface area contributed by atoms with Crippen molar-refractivity contribution in [3.8, 4) is 0 Å². The Kier molecular flexibility index (Phi) is 7.28. The van der Waals surface area contributed by atoms with Gasteiger partial charge in [-0.2, -0.15) is 18.3 Å². The predicted molar refractivity (Wildman–Crippen MR) is 141 cm³/mol. The fraction of sp³-hybridized carbons (Fsp3) is 0.429. The van der Waals surface area contributed by atoms with E-state index >= 15 is 0 Å². The number of benzene rings is 2. The SMILES string of the molecule is Cc1cccc(F)c1N1CCC(N2Cc3cn(C(C)CN)nc3N(Cc3ccccc3C(F)(F)F)C2=O)CC1. The number of hydrogen-bond acceptors (Lipinski definition) is 4. The molecule has 2 aliphatic rings. The highest BCUT2D eigenvalue weighted by molar-refractivity contribution is 5.94. The van der Waals surface area contributed by atoms with E-state index < -0.39 is 11.7 Å². The van der Waals surface area contributed by atoms with Gasteiger partial charge in [-0.3, -0.25) is 9.58 Å². The molecule has 1 atom stereocenters. The van der Waals surface area contributed by atoms with Gasteiger partial charge < -0.3 is 15.5 Å². The number of carbonyl (C=O) groups excluding carboxylic acids is 1. The van der Waals surface area contributed by atoms with Crippen molar-refractivity contribution in [2.75, 3.05) is 29.4 Å². The summed E-state index contributed by atoms with van der Waals surface area (Å²) in [6.45, 7) is 5.24. The molecule has 1 saturated heterocycles. The summed E-state index contributed by atoms with van der Waals surface area (Å²) < 4.78 is 57.6. The van der Waals surface area contributed by atoms with E-state index in [1.165, 1.54) is 29.2 Å². The van der Waals surface area contributed by atoms with Crippen molar-refractivity contribution >= 4 is 17.5 Å². The summed E-state index contributed by atoms with van der Waals surface area (Å²) >= 11 is 0. The van der Waals surface area contributed by atoms with E-state index in [-0.39, 0.29) is 36.0 Å². The Hall–Kier alpha value is -3.60. The Morgan fingerprint density at radius 3 is 2.49 bits per heavy atom. The highest BCUT2D eigenvalue weighted by atomic mass is 19.4. The number of aromatic nitrogens is 2. The van der Waals surface area contributed by atoms with Crippen molar-refractivity contribution in [1.29, 1.82) is 0 Å². The Morgan fingerprint density at radius 2 is 1.82 bits per heavy atom. The second kappa shape index (κ2) is 10.5. The van der Waals surface area contributed by atoms with Gasteiger partial charge in [0.1, 0.15) is 5.82 Å². The van der Waals surface area contributed by atoms with E-state index in [4.69, 9.17) is 5.73 Å². The molecule has 3 heterocycles. The van der Waals surface area contributed by atoms with E-state index in [1.54, 1.807) is 15.6 Å². The maximum atomic E-state index is 14.6. The van der Waals surface area contributed by atoms with Crippen LogP contribution in [0, 0.1) is 12.7 Å². The van der Waals surface area contributed by atoms with Crippen LogP contribution in [-0.4, -0.2) is 46.4 Å². The molecule has 0 bridgehead atoms. The quantitative estimate of drug-likeness (QED) is 0.418. The Morgan fingerprint density at radius 1 is 1.10 bits per heavy atom. The van der Waals surface area contributed by atoms with Crippen molar-refractivity contribution in [3.05, 3.63) is 76.7 Å². The van der Waals surface area contributed by atoms with Crippen LogP contribution in [0.4, 0.5) is 33.9 Å². The van der Waals surface area contributed by atoms with Gasteiger partial charge >= 0.3 is 12.2 Å². The summed E-state index contributed by atoms with van der Waals surface area (Å²) in [5, 5.41) is 4.58. The smallest absolute Gasteiger partial charge is 0.369 e. The normalized spacial score (nSPS) is 17.5. The van der Waals surface area contributed by atoms with Crippen molar-refractivity contribution in [2.45, 2.75) is 58.0 Å². The Labute approximate surface area is 224 Å². The number of hydrogen-bond donors (Lipinski definition) is 1. The highest BCUT2D eigenvalue weighted by Crippen LogP contribution is 2.37. The van der Waals surface area contributed by atoms with Crippen LogP contribution >= 0.6 is 0 Å². The zero-order chi connectivity index (χ0) is 27.9. The van der Waals surface area contributed by atoms with Gasteiger partial charge in [0.15, 0.2) is 5.82 Å². The number of piperidine rings is 1. The minimum atomic E-state index is -4.55. The van der Waals surface area contributed by atoms with Crippen LogP contribution in [0.2, 0.25) is 0 Å². The number of anilines is 2. The zero-order valence-corrected chi connectivity index (χ0v) is 22.0. The standard InChI is InChI=1S/C28H32F4N6O/c1-18-6-5-9-24(29)25(18)35-12-10-22(11-13-35)36-16-21-17-38(19(2)14-33)34-26(21)37(27(36)39)15-20-7-3-4-8-23(20)28(30,31)32/h3-9,17,19,22H,10-16,33H2,1-2H3. The molecule has 2 aliphatic heterocycles. The number of amides is 2. The molecule has 1 unspecified atom stereocenters. The van der Waals surface area contributed by atoms with Crippen LogP contribution < -0.4 is 15.5 Å². The van der Waals surface area contributed by atoms with E-state index in [0.717, 1.165) is 17.2 Å². The molecule has 0 aliphatic carbocycles. The van der Waals surface area contributed by atoms with E-state index in [2.05, 4.69) is 5.10 Å². The zero-order valence-electron chi connectivity index (χ0n) is 22.0. The van der Waals surface area contributed by atoms with Crippen molar-refractivity contribution in [2.24, 2.45) is 5.73 Å². The van der Waals surface area contributed by atoms with E-state index in [0.29, 0.717) is 50.5 Å². The average molecular weight is 545 g/mol. The van der Waals surface area contributed by atoms with Gasteiger partial charge in [-0.15, -0.1) is 0 Å². The third-order valence-electron chi connectivity index (χ3n) is 7.71. The lowest BCUT2D eigenvalue weighted by Crippen LogP contribution is -2.54. The monoisotopic (exact) mass is 544 g/mol. The van der Waals surface area contributed by atoms with Crippen LogP contribution in [0.1, 0.15) is 48.1 Å². The molecule has 3 aromatic rings. The minimum absolute atomic E-state index is 0.00239. The molecule has 11 heteroatoms. The lowest BCUT2D eigenvalue weighted by Gasteiger charge is -2.43. The van der Waals surface area contributed by atoms with Gasteiger partial charge in [0.25, 0.3) is 0 Å². The first-order valence-electron chi connectivity index (χ1n) is 13.1. The molecule has 208 valence electrons. The van der Waals surface area contributed by atoms with Crippen LogP contribution in [-0.2, 0) is 19.3 Å². The maximum absolute atomic E-state index is 14.6. The number of aryl methyl sites for hydroxylation is 1. The molecule has 0 spiro atoms. The van der Waals surface area contributed by atoms with Gasteiger partial charge in [-0.25, -0.2) is 9.18 Å². The first-order chi connectivity index (χ1) is 18.6. The predicted octanol–water partition coefficient (Wildman–Crippen LogP) is 5.48. The number of para-hydroxylation sites is 1. The number of urea groups is 1. The number of nitrogens with two attached hydrogens (primary N) is 1. The van der Waals surface area contributed by atoms with E-state index in [1.807, 2.05) is 31.0 Å². The lowest BCUT2D eigenvalue weighted by atomic mass is 10.00. The van der Waals surface area contributed by atoms with Gasteiger partial charge in [-0.05, 0) is 49.9 Å². The molecule has 2 N–H and O–H groups in total. The van der Waals surface area contributed by atoms with Gasteiger partial charge in [0.05, 0.1) is 30.4 Å². The molecule has 2 amide bonds. The average Bonchev–Trinajstić information content (AvgIpc) is 3.34. The second-order valence-electron chi connectivity index (χ2n) is 10.3. The fourth-order valence-corrected chi connectivity index (χ4v) is 5.55. The minimum Gasteiger partial charge on any atom is -0.369 e. The number of alkyl halides is 3. The molecule has 39 heavy (non-hydrogen) atoms. The van der Waals surface area contributed by atoms with Crippen molar-refractivity contribution < 1.29 is 22.4 Å². The molecular formula is C28H32F4N6O. The maximum Gasteiger partial charge on any atom is 0.416 e. The largest absolute Gasteiger partial charge is 0.416 e. The third kappa shape index (κ3) is 5.19. The summed E-state index contributed by atoms with van der Waals surface area (Å²) in [4.78, 5) is 19.0. The first kappa shape index (κ1) is 27.0. The summed E-state index contributed by atoms with van der Waals surface area (Å²) in [7, 11) is 0. The number of halogens is 4. The van der Waals surface area contributed by atoms with E-state index in [9.17, 15) is 22.4 Å². The Bertz CT molecular complexity index is 1330. The number of fused-ring (bicyclic) bond motifs is 1. The second-order valence-corrected chi connectivity index (χ2v) is 10.3. The van der Waals surface area contributed by atoms with Gasteiger partial charge in [0, 0.05) is 37.4 Å². The van der Waals surface area contributed by atoms with Crippen LogP contribution in [0.5, 0.6) is 0 Å². The summed E-state index contributed by atoms with van der Waals surface area (Å²) in [6, 6.07) is 9.62. The third-order valence-corrected chi connectivity index (χ3v) is 7.71. The number of nitrogens with zero attached hydrogens (tertiary/aromatic N) is 5.